The second-order valence-electron chi connectivity index (χ2n) is 5.20. The number of nitrogens with one attached hydrogen (secondary N) is 1. The summed E-state index contributed by atoms with van der Waals surface area (Å²) in [5.41, 5.74) is 1.34. The number of hydrogen-bond acceptors (Lipinski definition) is 5. The van der Waals surface area contributed by atoms with Crippen molar-refractivity contribution in [2.45, 2.75) is 0 Å². The van der Waals surface area contributed by atoms with E-state index in [1.54, 1.807) is 37.5 Å². The number of nitrogens with zero attached hydrogens (tertiary/aromatic N) is 1. The van der Waals surface area contributed by atoms with Crippen molar-refractivity contribution >= 4 is 34.7 Å². The van der Waals surface area contributed by atoms with Gasteiger partial charge < -0.3 is 10.1 Å². The topological polar surface area (TPSA) is 58.6 Å². The molecule has 1 heterocycles. The number of benzene rings is 2. The van der Waals surface area contributed by atoms with Crippen LogP contribution in [0, 0.1) is 5.82 Å². The molecule has 0 saturated carbocycles. The standard InChI is InChI=1S/C18H15FN2O3S/c1-24-15-5-3-2-4-14(15)20-11-21-17(22)16(25-18(21)23)10-12-6-8-13(19)9-7-12/h2-10,20H,11H2,1H3/b16-10+. The Hall–Kier alpha value is -2.80. The van der Waals surface area contributed by atoms with Gasteiger partial charge in [-0.25, -0.2) is 4.39 Å². The molecule has 25 heavy (non-hydrogen) atoms. The lowest BCUT2D eigenvalue weighted by Gasteiger charge is -2.16. The van der Waals surface area contributed by atoms with E-state index < -0.39 is 0 Å². The highest BCUT2D eigenvalue weighted by Gasteiger charge is 2.34. The Labute approximate surface area is 148 Å². The van der Waals surface area contributed by atoms with Crippen molar-refractivity contribution in [1.82, 2.24) is 4.90 Å². The maximum atomic E-state index is 13.0. The Kier molecular flexibility index (Phi) is 5.04. The maximum absolute atomic E-state index is 13.0. The van der Waals surface area contributed by atoms with E-state index in [9.17, 15) is 14.0 Å². The summed E-state index contributed by atoms with van der Waals surface area (Å²) in [6.07, 6.45) is 1.58. The maximum Gasteiger partial charge on any atom is 0.295 e. The molecule has 1 N–H and O–H groups in total. The molecule has 0 atom stereocenters. The first-order valence-corrected chi connectivity index (χ1v) is 8.28. The van der Waals surface area contributed by atoms with E-state index in [1.165, 1.54) is 12.1 Å². The quantitative estimate of drug-likeness (QED) is 0.821. The summed E-state index contributed by atoms with van der Waals surface area (Å²) in [7, 11) is 1.55. The van der Waals surface area contributed by atoms with Crippen molar-refractivity contribution in [3.8, 4) is 5.75 Å². The first-order valence-electron chi connectivity index (χ1n) is 7.46. The van der Waals surface area contributed by atoms with E-state index in [1.807, 2.05) is 12.1 Å². The number of rotatable bonds is 5. The predicted molar refractivity (Wildman–Crippen MR) is 95.7 cm³/mol. The number of ether oxygens (including phenoxy) is 1. The Morgan fingerprint density at radius 3 is 2.60 bits per heavy atom. The van der Waals surface area contributed by atoms with Crippen LogP contribution in [-0.2, 0) is 4.79 Å². The number of carbonyl (C=O) groups excluding carboxylic acids is 2. The fourth-order valence-corrected chi connectivity index (χ4v) is 3.14. The molecule has 1 aliphatic rings. The second-order valence-corrected chi connectivity index (χ2v) is 6.19. The van der Waals surface area contributed by atoms with E-state index in [0.29, 0.717) is 21.9 Å². The molecule has 1 fully saturated rings. The molecular weight excluding hydrogens is 343 g/mol. The third kappa shape index (κ3) is 3.83. The SMILES string of the molecule is COc1ccccc1NCN1C(=O)S/C(=C/c2ccc(F)cc2)C1=O. The number of imide groups is 1. The van der Waals surface area contributed by atoms with Crippen molar-refractivity contribution in [2.24, 2.45) is 0 Å². The van der Waals surface area contributed by atoms with E-state index in [4.69, 9.17) is 4.74 Å². The van der Waals surface area contributed by atoms with Gasteiger partial charge in [0.15, 0.2) is 0 Å². The zero-order valence-electron chi connectivity index (χ0n) is 13.4. The lowest BCUT2D eigenvalue weighted by atomic mass is 10.2. The van der Waals surface area contributed by atoms with Gasteiger partial charge in [-0.2, -0.15) is 0 Å². The van der Waals surface area contributed by atoms with Crippen molar-refractivity contribution in [3.05, 3.63) is 64.8 Å². The average molecular weight is 358 g/mol. The molecular formula is C18H15FN2O3S. The van der Waals surface area contributed by atoms with Crippen LogP contribution in [0.2, 0.25) is 0 Å². The predicted octanol–water partition coefficient (Wildman–Crippen LogP) is 3.94. The van der Waals surface area contributed by atoms with Crippen LogP contribution in [0.3, 0.4) is 0 Å². The zero-order valence-corrected chi connectivity index (χ0v) is 14.2. The lowest BCUT2D eigenvalue weighted by Crippen LogP contribution is -2.33. The number of para-hydroxylation sites is 2. The third-order valence-electron chi connectivity index (χ3n) is 3.58. The number of halogens is 1. The number of hydrogen-bond donors (Lipinski definition) is 1. The summed E-state index contributed by atoms with van der Waals surface area (Å²) in [6.45, 7) is 0.0335. The van der Waals surface area contributed by atoms with Crippen LogP contribution in [0.15, 0.2) is 53.4 Å². The summed E-state index contributed by atoms with van der Waals surface area (Å²) in [4.78, 5) is 26.0. The number of carbonyl (C=O) groups is 2. The summed E-state index contributed by atoms with van der Waals surface area (Å²) in [5, 5.41) is 2.67. The van der Waals surface area contributed by atoms with Gasteiger partial charge in [0.1, 0.15) is 11.6 Å². The van der Waals surface area contributed by atoms with Crippen LogP contribution in [0.25, 0.3) is 6.08 Å². The second kappa shape index (κ2) is 7.40. The molecule has 0 radical (unpaired) electrons. The highest BCUT2D eigenvalue weighted by molar-refractivity contribution is 8.18. The van der Waals surface area contributed by atoms with Gasteiger partial charge in [0, 0.05) is 0 Å². The van der Waals surface area contributed by atoms with Crippen LogP contribution in [-0.4, -0.2) is 29.8 Å². The first kappa shape index (κ1) is 17.0. The van der Waals surface area contributed by atoms with Gasteiger partial charge in [0.05, 0.1) is 24.4 Å². The van der Waals surface area contributed by atoms with E-state index >= 15 is 0 Å². The highest BCUT2D eigenvalue weighted by Crippen LogP contribution is 2.32. The Morgan fingerprint density at radius 1 is 1.16 bits per heavy atom. The molecule has 0 bridgehead atoms. The molecule has 2 amide bonds. The molecule has 5 nitrogen and oxygen atoms in total. The Bertz CT molecular complexity index is 836. The van der Waals surface area contributed by atoms with Gasteiger partial charge >= 0.3 is 0 Å². The number of anilines is 1. The van der Waals surface area contributed by atoms with Gasteiger partial charge in [-0.15, -0.1) is 0 Å². The molecule has 1 aliphatic heterocycles. The third-order valence-corrected chi connectivity index (χ3v) is 4.48. The number of thioether (sulfide) groups is 1. The van der Waals surface area contributed by atoms with E-state index in [0.717, 1.165) is 16.7 Å². The Morgan fingerprint density at radius 2 is 1.88 bits per heavy atom. The van der Waals surface area contributed by atoms with Gasteiger partial charge in [-0.1, -0.05) is 24.3 Å². The molecule has 1 saturated heterocycles. The van der Waals surface area contributed by atoms with Crippen molar-refractivity contribution in [3.63, 3.8) is 0 Å². The highest BCUT2D eigenvalue weighted by atomic mass is 32.2. The van der Waals surface area contributed by atoms with Crippen LogP contribution in [0.5, 0.6) is 5.75 Å². The average Bonchev–Trinajstić information content (AvgIpc) is 2.89. The van der Waals surface area contributed by atoms with Crippen molar-refractivity contribution < 1.29 is 18.7 Å². The summed E-state index contributed by atoms with van der Waals surface area (Å²) in [6, 6.07) is 12.9. The molecule has 2 aromatic rings. The molecule has 0 unspecified atom stereocenters. The number of amides is 2. The molecule has 3 rings (SSSR count). The fraction of sp³-hybridized carbons (Fsp3) is 0.111. The minimum Gasteiger partial charge on any atom is -0.495 e. The van der Waals surface area contributed by atoms with Crippen LogP contribution in [0.1, 0.15) is 5.56 Å². The van der Waals surface area contributed by atoms with Gasteiger partial charge in [-0.3, -0.25) is 14.5 Å². The molecule has 0 spiro atoms. The normalized spacial score (nSPS) is 15.8. The minimum absolute atomic E-state index is 0.0335. The van der Waals surface area contributed by atoms with Crippen LogP contribution in [0.4, 0.5) is 14.9 Å². The van der Waals surface area contributed by atoms with Gasteiger partial charge in [0.2, 0.25) is 0 Å². The Balaban J connectivity index is 1.72. The summed E-state index contributed by atoms with van der Waals surface area (Å²) in [5.74, 6) is -0.121. The van der Waals surface area contributed by atoms with Crippen LogP contribution < -0.4 is 10.1 Å². The zero-order chi connectivity index (χ0) is 17.8. The molecule has 7 heteroatoms. The molecule has 2 aromatic carbocycles. The lowest BCUT2D eigenvalue weighted by molar-refractivity contribution is -0.122. The van der Waals surface area contributed by atoms with E-state index in [-0.39, 0.29) is 23.6 Å². The smallest absolute Gasteiger partial charge is 0.295 e. The fourth-order valence-electron chi connectivity index (χ4n) is 2.30. The minimum atomic E-state index is -0.387. The van der Waals surface area contributed by atoms with Gasteiger partial charge in [-0.05, 0) is 47.7 Å². The molecule has 128 valence electrons. The van der Waals surface area contributed by atoms with Gasteiger partial charge in [0.25, 0.3) is 11.1 Å². The van der Waals surface area contributed by atoms with E-state index in [2.05, 4.69) is 5.32 Å². The summed E-state index contributed by atoms with van der Waals surface area (Å²) < 4.78 is 18.2. The number of methoxy groups -OCH3 is 1. The summed E-state index contributed by atoms with van der Waals surface area (Å²) >= 11 is 0.859. The largest absolute Gasteiger partial charge is 0.495 e. The van der Waals surface area contributed by atoms with Crippen LogP contribution >= 0.6 is 11.8 Å². The first-order chi connectivity index (χ1) is 12.1. The molecule has 0 aromatic heterocycles. The molecule has 0 aliphatic carbocycles. The van der Waals surface area contributed by atoms with Crippen molar-refractivity contribution in [1.29, 1.82) is 0 Å². The monoisotopic (exact) mass is 358 g/mol. The van der Waals surface area contributed by atoms with Crippen molar-refractivity contribution in [2.75, 3.05) is 19.1 Å².